The Kier molecular flexibility index (Phi) is 3.59. The number of halogens is 1. The average Bonchev–Trinajstić information content (AvgIpc) is 2.84. The Balaban J connectivity index is 2.01. The summed E-state index contributed by atoms with van der Waals surface area (Å²) in [7, 11) is 1.61. The largest absolute Gasteiger partial charge is 0.497 e. The van der Waals surface area contributed by atoms with Gasteiger partial charge in [-0.2, -0.15) is 0 Å². The fourth-order valence-corrected chi connectivity index (χ4v) is 2.95. The number of aliphatic carboxylic acids is 1. The first-order chi connectivity index (χ1) is 10.1. The molecule has 0 saturated carbocycles. The third-order valence-electron chi connectivity index (χ3n) is 3.85. The van der Waals surface area contributed by atoms with E-state index in [0.717, 1.165) is 17.0 Å². The van der Waals surface area contributed by atoms with Gasteiger partial charge in [-0.05, 0) is 37.1 Å². The summed E-state index contributed by atoms with van der Waals surface area (Å²) in [5.74, 6) is 0.313. The summed E-state index contributed by atoms with van der Waals surface area (Å²) in [5, 5.41) is 9.68. The van der Waals surface area contributed by atoms with Gasteiger partial charge >= 0.3 is 5.97 Å². The highest BCUT2D eigenvalue weighted by Crippen LogP contribution is 2.32. The second-order valence-electron chi connectivity index (χ2n) is 5.09. The number of methoxy groups -OCH3 is 1. The molecule has 1 aliphatic heterocycles. The van der Waals surface area contributed by atoms with Gasteiger partial charge in [0.1, 0.15) is 11.6 Å². The molecule has 3 rings (SSSR count). The third-order valence-corrected chi connectivity index (χ3v) is 4.16. The molecule has 1 unspecified atom stereocenters. The smallest absolute Gasteiger partial charge is 0.308 e. The quantitative estimate of drug-likeness (QED) is 0.947. The third kappa shape index (κ3) is 2.49. The summed E-state index contributed by atoms with van der Waals surface area (Å²) in [6.45, 7) is 0.408. The minimum absolute atomic E-state index is 0.389. The lowest BCUT2D eigenvalue weighted by Gasteiger charge is -2.22. The number of carboxylic acid groups (broad SMARTS) is 1. The molecular weight excluding hydrogens is 292 g/mol. The molecular formula is C15H15ClN2O3. The first kappa shape index (κ1) is 13.9. The van der Waals surface area contributed by atoms with E-state index in [1.54, 1.807) is 7.11 Å². The zero-order valence-corrected chi connectivity index (χ0v) is 12.3. The highest BCUT2D eigenvalue weighted by atomic mass is 35.5. The van der Waals surface area contributed by atoms with E-state index in [1.807, 2.05) is 28.8 Å². The Bertz CT molecular complexity index is 679. The van der Waals surface area contributed by atoms with Crippen molar-refractivity contribution in [3.05, 3.63) is 35.1 Å². The molecule has 5 nitrogen and oxygen atoms in total. The summed E-state index contributed by atoms with van der Waals surface area (Å²) in [4.78, 5) is 15.6. The molecule has 0 bridgehead atoms. The van der Waals surface area contributed by atoms with Crippen molar-refractivity contribution >= 4 is 17.6 Å². The Morgan fingerprint density at radius 1 is 1.43 bits per heavy atom. The minimum atomic E-state index is -0.772. The van der Waals surface area contributed by atoms with Gasteiger partial charge in [-0.1, -0.05) is 11.6 Å². The van der Waals surface area contributed by atoms with Crippen LogP contribution in [0.2, 0.25) is 5.15 Å². The highest BCUT2D eigenvalue weighted by Gasteiger charge is 2.28. The fraction of sp³-hybridized carbons (Fsp3) is 0.333. The zero-order valence-electron chi connectivity index (χ0n) is 11.5. The predicted octanol–water partition coefficient (Wildman–Crippen LogP) is 2.86. The van der Waals surface area contributed by atoms with Crippen molar-refractivity contribution in [1.82, 2.24) is 9.55 Å². The lowest BCUT2D eigenvalue weighted by molar-refractivity contribution is -0.142. The van der Waals surface area contributed by atoms with Gasteiger partial charge in [0, 0.05) is 12.1 Å². The van der Waals surface area contributed by atoms with Crippen LogP contribution >= 0.6 is 11.6 Å². The molecule has 1 aliphatic rings. The molecule has 0 radical (unpaired) electrons. The average molecular weight is 307 g/mol. The number of fused-ring (bicyclic) bond motifs is 1. The summed E-state index contributed by atoms with van der Waals surface area (Å²) in [5.41, 5.74) is 1.81. The summed E-state index contributed by atoms with van der Waals surface area (Å²) in [6.07, 6.45) is 1.24. The van der Waals surface area contributed by atoms with Crippen molar-refractivity contribution in [3.8, 4) is 17.1 Å². The predicted molar refractivity (Wildman–Crippen MR) is 78.7 cm³/mol. The molecule has 21 heavy (non-hydrogen) atoms. The number of rotatable bonds is 3. The lowest BCUT2D eigenvalue weighted by atomic mass is 9.98. The normalized spacial score (nSPS) is 17.3. The van der Waals surface area contributed by atoms with Gasteiger partial charge in [0.15, 0.2) is 5.15 Å². The van der Waals surface area contributed by atoms with Gasteiger partial charge in [0.05, 0.1) is 18.7 Å². The van der Waals surface area contributed by atoms with Gasteiger partial charge in [0.25, 0.3) is 0 Å². The van der Waals surface area contributed by atoms with Crippen LogP contribution in [-0.2, 0) is 17.8 Å². The Hall–Kier alpha value is -2.01. The van der Waals surface area contributed by atoms with Crippen LogP contribution in [0.3, 0.4) is 0 Å². The molecule has 1 aromatic heterocycles. The molecule has 2 heterocycles. The zero-order chi connectivity index (χ0) is 15.0. The van der Waals surface area contributed by atoms with Crippen LogP contribution in [0.1, 0.15) is 12.1 Å². The SMILES string of the molecule is COc1ccc(-c2nc(Cl)c3n2CC(C(=O)O)CC3)cc1. The molecule has 0 aliphatic carbocycles. The van der Waals surface area contributed by atoms with Crippen LogP contribution in [0.4, 0.5) is 0 Å². The Morgan fingerprint density at radius 2 is 2.14 bits per heavy atom. The number of carboxylic acids is 1. The van der Waals surface area contributed by atoms with Crippen molar-refractivity contribution in [2.24, 2.45) is 5.92 Å². The second kappa shape index (κ2) is 5.41. The minimum Gasteiger partial charge on any atom is -0.497 e. The molecule has 110 valence electrons. The highest BCUT2D eigenvalue weighted by molar-refractivity contribution is 6.30. The van der Waals surface area contributed by atoms with E-state index in [9.17, 15) is 9.90 Å². The van der Waals surface area contributed by atoms with Gasteiger partial charge in [-0.3, -0.25) is 4.79 Å². The second-order valence-corrected chi connectivity index (χ2v) is 5.44. The summed E-state index contributed by atoms with van der Waals surface area (Å²) in [6, 6.07) is 7.50. The summed E-state index contributed by atoms with van der Waals surface area (Å²) < 4.78 is 7.06. The lowest BCUT2D eigenvalue weighted by Crippen LogP contribution is -2.26. The van der Waals surface area contributed by atoms with Crippen LogP contribution in [0, 0.1) is 5.92 Å². The van der Waals surface area contributed by atoms with Crippen molar-refractivity contribution in [2.75, 3.05) is 7.11 Å². The van der Waals surface area contributed by atoms with E-state index in [4.69, 9.17) is 16.3 Å². The maximum absolute atomic E-state index is 11.2. The molecule has 0 spiro atoms. The topological polar surface area (TPSA) is 64.4 Å². The number of hydrogen-bond acceptors (Lipinski definition) is 3. The van der Waals surface area contributed by atoms with Gasteiger partial charge in [-0.25, -0.2) is 4.98 Å². The van der Waals surface area contributed by atoms with Crippen molar-refractivity contribution < 1.29 is 14.6 Å². The number of nitrogens with zero attached hydrogens (tertiary/aromatic N) is 2. The first-order valence-corrected chi connectivity index (χ1v) is 7.10. The Morgan fingerprint density at radius 3 is 2.76 bits per heavy atom. The number of carbonyl (C=O) groups is 1. The summed E-state index contributed by atoms with van der Waals surface area (Å²) >= 11 is 6.19. The number of aromatic nitrogens is 2. The van der Waals surface area contributed by atoms with Crippen LogP contribution in [0.5, 0.6) is 5.75 Å². The maximum Gasteiger partial charge on any atom is 0.308 e. The van der Waals surface area contributed by atoms with Crippen molar-refractivity contribution in [3.63, 3.8) is 0 Å². The maximum atomic E-state index is 11.2. The van der Waals surface area contributed by atoms with Gasteiger partial charge in [-0.15, -0.1) is 0 Å². The van der Waals surface area contributed by atoms with E-state index < -0.39 is 5.97 Å². The molecule has 0 saturated heterocycles. The van der Waals surface area contributed by atoms with E-state index >= 15 is 0 Å². The van der Waals surface area contributed by atoms with E-state index in [-0.39, 0.29) is 5.92 Å². The van der Waals surface area contributed by atoms with Crippen molar-refractivity contribution in [2.45, 2.75) is 19.4 Å². The van der Waals surface area contributed by atoms with Crippen LogP contribution in [0.25, 0.3) is 11.4 Å². The molecule has 0 amide bonds. The molecule has 1 N–H and O–H groups in total. The number of benzene rings is 1. The van der Waals surface area contributed by atoms with Gasteiger partial charge < -0.3 is 14.4 Å². The van der Waals surface area contributed by atoms with Crippen LogP contribution in [0.15, 0.2) is 24.3 Å². The molecule has 1 aromatic carbocycles. The van der Waals surface area contributed by atoms with E-state index in [0.29, 0.717) is 30.4 Å². The first-order valence-electron chi connectivity index (χ1n) is 6.72. The fourth-order valence-electron chi connectivity index (χ4n) is 2.68. The standard InChI is InChI=1S/C15H15ClN2O3/c1-21-11-5-2-9(3-6-11)14-17-13(16)12-7-4-10(15(19)20)8-18(12)14/h2-3,5-6,10H,4,7-8H2,1H3,(H,19,20). The van der Waals surface area contributed by atoms with E-state index in [2.05, 4.69) is 4.98 Å². The Labute approximate surface area is 127 Å². The van der Waals surface area contributed by atoms with Crippen LogP contribution in [-0.4, -0.2) is 27.7 Å². The monoisotopic (exact) mass is 306 g/mol. The molecule has 0 fully saturated rings. The molecule has 6 heteroatoms. The number of ether oxygens (including phenoxy) is 1. The van der Waals surface area contributed by atoms with Crippen LogP contribution < -0.4 is 4.74 Å². The number of hydrogen-bond donors (Lipinski definition) is 1. The molecule has 1 atom stereocenters. The van der Waals surface area contributed by atoms with E-state index in [1.165, 1.54) is 0 Å². The van der Waals surface area contributed by atoms with Crippen molar-refractivity contribution in [1.29, 1.82) is 0 Å². The molecule has 2 aromatic rings. The van der Waals surface area contributed by atoms with Gasteiger partial charge in [0.2, 0.25) is 0 Å². The number of imidazole rings is 1.